The van der Waals surface area contributed by atoms with Gasteiger partial charge in [-0.05, 0) is 115 Å². The number of ketones is 2. The lowest BCUT2D eigenvalue weighted by Gasteiger charge is -2.39. The van der Waals surface area contributed by atoms with E-state index in [0.29, 0.717) is 29.8 Å². The highest BCUT2D eigenvalue weighted by atomic mass is 19.4. The summed E-state index contributed by atoms with van der Waals surface area (Å²) in [4.78, 5) is 55.9. The lowest BCUT2D eigenvalue weighted by atomic mass is 9.63. The van der Waals surface area contributed by atoms with Crippen LogP contribution in [0.3, 0.4) is 0 Å². The predicted molar refractivity (Wildman–Crippen MR) is 230 cm³/mol. The summed E-state index contributed by atoms with van der Waals surface area (Å²) in [6, 6.07) is 32.6. The maximum absolute atomic E-state index is 15.3. The Morgan fingerprint density at radius 3 is 1.59 bits per heavy atom. The molecule has 6 aromatic carbocycles. The number of fused-ring (bicyclic) bond motifs is 1. The van der Waals surface area contributed by atoms with Crippen LogP contribution in [0.4, 0.5) is 37.7 Å². The van der Waals surface area contributed by atoms with E-state index in [2.05, 4.69) is 12.1 Å². The van der Waals surface area contributed by atoms with E-state index in [9.17, 15) is 19.2 Å². The highest BCUT2D eigenvalue weighted by molar-refractivity contribution is 6.34. The average molecular weight is 861 g/mol. The molecule has 0 saturated heterocycles. The molecule has 1 aliphatic rings. The maximum Gasteiger partial charge on any atom is 0.411 e. The van der Waals surface area contributed by atoms with Gasteiger partial charge in [-0.3, -0.25) is 19.2 Å². The van der Waals surface area contributed by atoms with Crippen LogP contribution >= 0.6 is 0 Å². The average Bonchev–Trinajstić information content (AvgIpc) is 3.46. The molecule has 2 amide bonds. The molecule has 1 aliphatic heterocycles. The summed E-state index contributed by atoms with van der Waals surface area (Å²) in [6.45, 7) is 7.66. The number of imide groups is 1. The lowest BCUT2D eigenvalue weighted by Crippen LogP contribution is -2.55. The van der Waals surface area contributed by atoms with Crippen LogP contribution in [-0.2, 0) is 10.8 Å². The van der Waals surface area contributed by atoms with Crippen molar-refractivity contribution in [3.8, 4) is 0 Å². The molecule has 12 heteroatoms. The summed E-state index contributed by atoms with van der Waals surface area (Å²) in [6.07, 6.45) is -12.2. The Labute approximate surface area is 360 Å². The fourth-order valence-corrected chi connectivity index (χ4v) is 9.23. The van der Waals surface area contributed by atoms with Crippen molar-refractivity contribution in [1.82, 2.24) is 0 Å². The molecular weight excluding hydrogens is 819 g/mol. The molecule has 63 heavy (non-hydrogen) atoms. The van der Waals surface area contributed by atoms with Crippen molar-refractivity contribution >= 4 is 34.8 Å². The maximum atomic E-state index is 15.3. The van der Waals surface area contributed by atoms with Gasteiger partial charge in [0.05, 0.1) is 22.2 Å². The number of carbonyl (C=O) groups excluding carboxylic acids is 4. The molecule has 0 N–H and O–H groups in total. The Balaban J connectivity index is 1.40. The summed E-state index contributed by atoms with van der Waals surface area (Å²) in [5, 5.41) is 0. The van der Waals surface area contributed by atoms with E-state index in [-0.39, 0.29) is 11.3 Å². The van der Waals surface area contributed by atoms with Crippen molar-refractivity contribution < 1.29 is 45.5 Å². The van der Waals surface area contributed by atoms with Crippen LogP contribution in [0.25, 0.3) is 0 Å². The fourth-order valence-electron chi connectivity index (χ4n) is 9.23. The van der Waals surface area contributed by atoms with E-state index in [1.807, 2.05) is 99.6 Å². The largest absolute Gasteiger partial charge is 0.411 e. The Morgan fingerprint density at radius 2 is 1.03 bits per heavy atom. The van der Waals surface area contributed by atoms with Crippen molar-refractivity contribution in [3.05, 3.63) is 200 Å². The SMILES string of the molecule is CC(=O)c1ccc(C(c2ccc3c(c2)C(=O)N(c2ccc(C(c4ccccc4)(c4ccc(N(C)C)c(C)c4)c4ccccc4C)cc2C)C3=O)(C(F)(F)F)C(F)(F)F)cc1C(C)=O. The van der Waals surface area contributed by atoms with Gasteiger partial charge < -0.3 is 4.90 Å². The second-order valence-corrected chi connectivity index (χ2v) is 16.2. The predicted octanol–water partition coefficient (Wildman–Crippen LogP) is 11.7. The number of carbonyl (C=O) groups is 4. The Morgan fingerprint density at radius 1 is 0.508 bits per heavy atom. The number of alkyl halides is 6. The Bertz CT molecular complexity index is 2830. The van der Waals surface area contributed by atoms with Gasteiger partial charge in [-0.2, -0.15) is 26.3 Å². The number of nitrogens with zero attached hydrogens (tertiary/aromatic N) is 2. The molecule has 6 nitrogen and oxygen atoms in total. The van der Waals surface area contributed by atoms with Crippen molar-refractivity contribution in [2.75, 3.05) is 23.9 Å². The van der Waals surface area contributed by atoms with Gasteiger partial charge in [0.25, 0.3) is 11.8 Å². The molecule has 0 saturated carbocycles. The van der Waals surface area contributed by atoms with Crippen LogP contribution in [0.15, 0.2) is 127 Å². The van der Waals surface area contributed by atoms with Gasteiger partial charge in [0.15, 0.2) is 11.6 Å². The molecule has 0 aliphatic carbocycles. The molecule has 0 fully saturated rings. The Kier molecular flexibility index (Phi) is 11.1. The van der Waals surface area contributed by atoms with Gasteiger partial charge in [-0.1, -0.05) is 97.1 Å². The van der Waals surface area contributed by atoms with Crippen LogP contribution in [0.2, 0.25) is 0 Å². The number of aryl methyl sites for hydroxylation is 3. The van der Waals surface area contributed by atoms with Gasteiger partial charge in [-0.25, -0.2) is 4.90 Å². The number of hydrogen-bond donors (Lipinski definition) is 0. The van der Waals surface area contributed by atoms with Gasteiger partial charge in [0, 0.05) is 30.9 Å². The monoisotopic (exact) mass is 860 g/mol. The molecule has 7 rings (SSSR count). The summed E-state index contributed by atoms with van der Waals surface area (Å²) < 4.78 is 91.9. The third kappa shape index (κ3) is 6.92. The lowest BCUT2D eigenvalue weighted by molar-refractivity contribution is -0.288. The fraction of sp³-hybridized carbons (Fsp3) is 0.216. The van der Waals surface area contributed by atoms with E-state index in [1.54, 1.807) is 19.1 Å². The summed E-state index contributed by atoms with van der Waals surface area (Å²) >= 11 is 0. The number of amides is 2. The Hall–Kier alpha value is -6.82. The highest BCUT2D eigenvalue weighted by Gasteiger charge is 2.73. The van der Waals surface area contributed by atoms with Crippen molar-refractivity contribution in [2.24, 2.45) is 0 Å². The minimum absolute atomic E-state index is 0.0845. The van der Waals surface area contributed by atoms with Crippen LogP contribution in [0, 0.1) is 20.8 Å². The molecule has 1 atom stereocenters. The number of Topliss-reactive ketones (excluding diaryl/α,β-unsaturated/α-hetero) is 2. The number of anilines is 2. The standard InChI is InChI=1S/C51H42F6N2O4/c1-29-13-11-12-16-43(29)48(34-14-9-8-10-15-34,35-19-23-44(58(6)7)30(2)25-35)36-20-24-45(31(3)26-36)59-46(62)40-22-18-38(28-42(40)47(59)63)49(50(52,53)54,51(55,56)57)37-17-21-39(32(4)60)41(27-37)33(5)61/h8-28H,1-7H3. The summed E-state index contributed by atoms with van der Waals surface area (Å²) in [5.74, 6) is -3.72. The highest BCUT2D eigenvalue weighted by Crippen LogP contribution is 2.57. The number of rotatable bonds is 10. The van der Waals surface area contributed by atoms with E-state index in [0.717, 1.165) is 69.9 Å². The first-order chi connectivity index (χ1) is 29.6. The van der Waals surface area contributed by atoms with Crippen LogP contribution in [0.1, 0.15) is 105 Å². The minimum Gasteiger partial charge on any atom is -0.377 e. The first-order valence-corrected chi connectivity index (χ1v) is 19.9. The normalized spacial score (nSPS) is 14.1. The molecule has 0 aromatic heterocycles. The molecule has 1 heterocycles. The quantitative estimate of drug-likeness (QED) is 0.0594. The molecule has 322 valence electrons. The third-order valence-corrected chi connectivity index (χ3v) is 12.1. The van der Waals surface area contributed by atoms with Gasteiger partial charge in [0.2, 0.25) is 5.41 Å². The summed E-state index contributed by atoms with van der Waals surface area (Å²) in [5.41, 5.74) is -3.47. The number of halogens is 6. The number of hydrogen-bond acceptors (Lipinski definition) is 5. The zero-order chi connectivity index (χ0) is 46.0. The molecule has 0 bridgehead atoms. The van der Waals surface area contributed by atoms with Crippen LogP contribution < -0.4 is 9.80 Å². The van der Waals surface area contributed by atoms with Crippen molar-refractivity contribution in [1.29, 1.82) is 0 Å². The zero-order valence-corrected chi connectivity index (χ0v) is 35.4. The van der Waals surface area contributed by atoms with Gasteiger partial charge in [0.1, 0.15) is 0 Å². The second kappa shape index (κ2) is 15.8. The smallest absolute Gasteiger partial charge is 0.377 e. The van der Waals surface area contributed by atoms with E-state index in [4.69, 9.17) is 0 Å². The molecule has 6 aromatic rings. The third-order valence-electron chi connectivity index (χ3n) is 12.1. The molecule has 0 spiro atoms. The van der Waals surface area contributed by atoms with Crippen LogP contribution in [0.5, 0.6) is 0 Å². The topological polar surface area (TPSA) is 74.8 Å². The van der Waals surface area contributed by atoms with Gasteiger partial charge >= 0.3 is 12.4 Å². The molecule has 0 radical (unpaired) electrons. The summed E-state index contributed by atoms with van der Waals surface area (Å²) in [7, 11) is 3.92. The first kappa shape index (κ1) is 44.2. The van der Waals surface area contributed by atoms with Crippen molar-refractivity contribution in [3.63, 3.8) is 0 Å². The molecule has 1 unspecified atom stereocenters. The first-order valence-electron chi connectivity index (χ1n) is 19.9. The zero-order valence-electron chi connectivity index (χ0n) is 35.4. The van der Waals surface area contributed by atoms with Crippen LogP contribution in [-0.4, -0.2) is 49.8 Å². The van der Waals surface area contributed by atoms with E-state index >= 15 is 26.3 Å². The minimum atomic E-state index is -6.09. The number of benzene rings is 6. The molecular formula is C51H42F6N2O4. The van der Waals surface area contributed by atoms with E-state index < -0.39 is 74.4 Å². The van der Waals surface area contributed by atoms with Gasteiger partial charge in [-0.15, -0.1) is 0 Å². The second-order valence-electron chi connectivity index (χ2n) is 16.2. The van der Waals surface area contributed by atoms with Crippen molar-refractivity contribution in [2.45, 2.75) is 57.8 Å². The van der Waals surface area contributed by atoms with E-state index in [1.165, 1.54) is 0 Å².